The minimum Gasteiger partial charge on any atom is -0.355 e. The molecule has 0 bridgehead atoms. The van der Waals surface area contributed by atoms with Crippen molar-refractivity contribution in [3.05, 3.63) is 11.7 Å². The third kappa shape index (κ3) is 3.03. The summed E-state index contributed by atoms with van der Waals surface area (Å²) in [6, 6.07) is 0. The first-order chi connectivity index (χ1) is 8.16. The van der Waals surface area contributed by atoms with Crippen LogP contribution in [0.1, 0.15) is 18.6 Å². The van der Waals surface area contributed by atoms with Gasteiger partial charge in [0.25, 0.3) is 0 Å². The number of hydrogen-bond donors (Lipinski definition) is 2. The molecule has 2 N–H and O–H groups in total. The van der Waals surface area contributed by atoms with E-state index in [-0.39, 0.29) is 11.8 Å². The number of nitrogens with one attached hydrogen (secondary N) is 2. The van der Waals surface area contributed by atoms with E-state index in [1.165, 1.54) is 0 Å². The van der Waals surface area contributed by atoms with Gasteiger partial charge in [0.05, 0.1) is 0 Å². The third-order valence-electron chi connectivity index (χ3n) is 3.15. The molecule has 94 valence electrons. The van der Waals surface area contributed by atoms with Crippen molar-refractivity contribution >= 4 is 5.91 Å². The van der Waals surface area contributed by atoms with Crippen LogP contribution in [0.15, 0.2) is 4.52 Å². The van der Waals surface area contributed by atoms with Gasteiger partial charge in [0.15, 0.2) is 5.82 Å². The van der Waals surface area contributed by atoms with Crippen molar-refractivity contribution < 1.29 is 9.32 Å². The maximum atomic E-state index is 11.8. The zero-order valence-electron chi connectivity index (χ0n) is 10.2. The second-order valence-electron chi connectivity index (χ2n) is 4.48. The van der Waals surface area contributed by atoms with Gasteiger partial charge in [0.1, 0.15) is 0 Å². The number of carbonyl (C=O) groups is 1. The predicted octanol–water partition coefficient (Wildman–Crippen LogP) is -0.108. The molecule has 2 heterocycles. The van der Waals surface area contributed by atoms with Gasteiger partial charge in [-0.3, -0.25) is 4.79 Å². The summed E-state index contributed by atoms with van der Waals surface area (Å²) in [6.07, 6.45) is 0.610. The molecule has 1 unspecified atom stereocenters. The van der Waals surface area contributed by atoms with Crippen LogP contribution in [-0.4, -0.2) is 35.7 Å². The first-order valence-electron chi connectivity index (χ1n) is 5.94. The van der Waals surface area contributed by atoms with Crippen LogP contribution in [0.25, 0.3) is 0 Å². The van der Waals surface area contributed by atoms with Gasteiger partial charge in [-0.2, -0.15) is 4.98 Å². The maximum absolute atomic E-state index is 11.8. The smallest absolute Gasteiger partial charge is 0.223 e. The lowest BCUT2D eigenvalue weighted by atomic mass is 9.88. The van der Waals surface area contributed by atoms with Crippen molar-refractivity contribution in [3.8, 4) is 0 Å². The van der Waals surface area contributed by atoms with Crippen LogP contribution in [-0.2, 0) is 11.2 Å². The molecule has 1 aliphatic heterocycles. The Kier molecular flexibility index (Phi) is 3.73. The number of nitrogens with zero attached hydrogens (tertiary/aromatic N) is 2. The lowest BCUT2D eigenvalue weighted by Crippen LogP contribution is -2.49. The number of amides is 1. The first kappa shape index (κ1) is 12.0. The average molecular weight is 238 g/mol. The minimum atomic E-state index is 0.0725. The molecule has 1 saturated heterocycles. The highest BCUT2D eigenvalue weighted by Crippen LogP contribution is 2.15. The molecule has 0 spiro atoms. The quantitative estimate of drug-likeness (QED) is 0.748. The van der Waals surface area contributed by atoms with Crippen molar-refractivity contribution in [1.82, 2.24) is 20.8 Å². The number of aromatic nitrogens is 2. The summed E-state index contributed by atoms with van der Waals surface area (Å²) >= 11 is 0. The zero-order chi connectivity index (χ0) is 12.3. The second kappa shape index (κ2) is 5.27. The standard InChI is InChI=1S/C11H18N4O2/c1-7(9-5-12-6-9)11(16)13-4-3-10-14-8(2)17-15-10/h7,9,12H,3-6H2,1-2H3,(H,13,16). The molecule has 1 aromatic heterocycles. The summed E-state index contributed by atoms with van der Waals surface area (Å²) < 4.78 is 4.85. The van der Waals surface area contributed by atoms with E-state index in [0.717, 1.165) is 13.1 Å². The van der Waals surface area contributed by atoms with E-state index in [0.29, 0.717) is 30.6 Å². The molecule has 1 amide bonds. The highest BCUT2D eigenvalue weighted by atomic mass is 16.5. The van der Waals surface area contributed by atoms with Gasteiger partial charge < -0.3 is 15.2 Å². The fraction of sp³-hybridized carbons (Fsp3) is 0.727. The topological polar surface area (TPSA) is 80.0 Å². The Bertz CT molecular complexity index is 387. The molecule has 0 aliphatic carbocycles. The molecule has 0 aromatic carbocycles. The van der Waals surface area contributed by atoms with E-state index < -0.39 is 0 Å². The van der Waals surface area contributed by atoms with E-state index in [1.54, 1.807) is 6.92 Å². The summed E-state index contributed by atoms with van der Waals surface area (Å²) in [6.45, 7) is 6.17. The van der Waals surface area contributed by atoms with Gasteiger partial charge in [-0.15, -0.1) is 0 Å². The lowest BCUT2D eigenvalue weighted by molar-refractivity contribution is -0.126. The van der Waals surface area contributed by atoms with Gasteiger partial charge in [-0.25, -0.2) is 0 Å². The number of aryl methyl sites for hydroxylation is 1. The van der Waals surface area contributed by atoms with Crippen LogP contribution in [0.5, 0.6) is 0 Å². The van der Waals surface area contributed by atoms with Crippen LogP contribution >= 0.6 is 0 Å². The van der Waals surface area contributed by atoms with Crippen molar-refractivity contribution in [2.45, 2.75) is 20.3 Å². The first-order valence-corrected chi connectivity index (χ1v) is 5.94. The molecule has 0 radical (unpaired) electrons. The summed E-state index contributed by atoms with van der Waals surface area (Å²) in [7, 11) is 0. The number of carbonyl (C=O) groups excluding carboxylic acids is 1. The molecule has 2 rings (SSSR count). The molecule has 6 heteroatoms. The predicted molar refractivity (Wildman–Crippen MR) is 61.3 cm³/mol. The van der Waals surface area contributed by atoms with Crippen LogP contribution in [0.2, 0.25) is 0 Å². The average Bonchev–Trinajstić information content (AvgIpc) is 2.61. The molecule has 1 atom stereocenters. The number of rotatable bonds is 5. The van der Waals surface area contributed by atoms with Gasteiger partial charge in [-0.05, 0) is 19.0 Å². The minimum absolute atomic E-state index is 0.0725. The Balaban J connectivity index is 1.69. The Morgan fingerprint density at radius 2 is 2.41 bits per heavy atom. The normalized spacial score (nSPS) is 17.5. The van der Waals surface area contributed by atoms with Crippen molar-refractivity contribution in [2.75, 3.05) is 19.6 Å². The maximum Gasteiger partial charge on any atom is 0.223 e. The molecular formula is C11H18N4O2. The molecule has 1 fully saturated rings. The Hall–Kier alpha value is -1.43. The molecule has 6 nitrogen and oxygen atoms in total. The van der Waals surface area contributed by atoms with Crippen molar-refractivity contribution in [1.29, 1.82) is 0 Å². The van der Waals surface area contributed by atoms with E-state index >= 15 is 0 Å². The van der Waals surface area contributed by atoms with Crippen molar-refractivity contribution in [2.24, 2.45) is 11.8 Å². The van der Waals surface area contributed by atoms with Gasteiger partial charge >= 0.3 is 0 Å². The van der Waals surface area contributed by atoms with Crippen molar-refractivity contribution in [3.63, 3.8) is 0 Å². The Morgan fingerprint density at radius 1 is 1.65 bits per heavy atom. The van der Waals surface area contributed by atoms with Crippen LogP contribution in [0.4, 0.5) is 0 Å². The number of hydrogen-bond acceptors (Lipinski definition) is 5. The summed E-state index contributed by atoms with van der Waals surface area (Å²) in [5.74, 6) is 1.85. The molecule has 17 heavy (non-hydrogen) atoms. The van der Waals surface area contributed by atoms with Gasteiger partial charge in [-0.1, -0.05) is 12.1 Å². The van der Waals surface area contributed by atoms with Crippen LogP contribution in [0, 0.1) is 18.8 Å². The van der Waals surface area contributed by atoms with E-state index in [4.69, 9.17) is 4.52 Å². The zero-order valence-corrected chi connectivity index (χ0v) is 10.2. The summed E-state index contributed by atoms with van der Waals surface area (Å²) in [5, 5.41) is 9.84. The Labute approximate surface area is 100 Å². The van der Waals surface area contributed by atoms with Crippen LogP contribution < -0.4 is 10.6 Å². The molecular weight excluding hydrogens is 220 g/mol. The molecule has 1 aromatic rings. The second-order valence-corrected chi connectivity index (χ2v) is 4.48. The summed E-state index contributed by atoms with van der Waals surface area (Å²) in [5.41, 5.74) is 0. The highest BCUT2D eigenvalue weighted by molar-refractivity contribution is 5.78. The van der Waals surface area contributed by atoms with E-state index in [1.807, 2.05) is 6.92 Å². The lowest BCUT2D eigenvalue weighted by Gasteiger charge is -2.31. The largest absolute Gasteiger partial charge is 0.355 e. The van der Waals surface area contributed by atoms with E-state index in [2.05, 4.69) is 20.8 Å². The van der Waals surface area contributed by atoms with Gasteiger partial charge in [0.2, 0.25) is 11.8 Å². The van der Waals surface area contributed by atoms with Gasteiger partial charge in [0, 0.05) is 25.8 Å². The fourth-order valence-electron chi connectivity index (χ4n) is 1.78. The SMILES string of the molecule is Cc1nc(CCNC(=O)C(C)C2CNC2)no1. The Morgan fingerprint density at radius 3 is 2.94 bits per heavy atom. The highest BCUT2D eigenvalue weighted by Gasteiger charge is 2.28. The monoisotopic (exact) mass is 238 g/mol. The van der Waals surface area contributed by atoms with Crippen LogP contribution in [0.3, 0.4) is 0 Å². The van der Waals surface area contributed by atoms with E-state index in [9.17, 15) is 4.79 Å². The summed E-state index contributed by atoms with van der Waals surface area (Å²) in [4.78, 5) is 15.8. The fourth-order valence-corrected chi connectivity index (χ4v) is 1.78. The molecule has 1 aliphatic rings. The third-order valence-corrected chi connectivity index (χ3v) is 3.15. The molecule has 0 saturated carbocycles.